The average Bonchev–Trinajstić information content (AvgIpc) is 3.47. The molecular formula is C26H27F3N6O2. The average molecular weight is 513 g/mol. The fourth-order valence-corrected chi connectivity index (χ4v) is 5.39. The normalized spacial score (nSPS) is 18.3. The molecule has 1 aromatic carbocycles. The second-order valence-corrected chi connectivity index (χ2v) is 9.78. The van der Waals surface area contributed by atoms with Gasteiger partial charge in [0.2, 0.25) is 0 Å². The van der Waals surface area contributed by atoms with E-state index in [0.29, 0.717) is 40.3 Å². The van der Waals surface area contributed by atoms with E-state index in [0.717, 1.165) is 32.5 Å². The Morgan fingerprint density at radius 1 is 1.16 bits per heavy atom. The minimum atomic E-state index is -4.41. The van der Waals surface area contributed by atoms with Gasteiger partial charge in [0.05, 0.1) is 44.2 Å². The molecule has 1 aliphatic heterocycles. The van der Waals surface area contributed by atoms with Gasteiger partial charge in [-0.1, -0.05) is 12.1 Å². The van der Waals surface area contributed by atoms with Gasteiger partial charge in [0.25, 0.3) is 0 Å². The van der Waals surface area contributed by atoms with E-state index >= 15 is 0 Å². The molecule has 2 aliphatic rings. The van der Waals surface area contributed by atoms with Gasteiger partial charge < -0.3 is 9.47 Å². The van der Waals surface area contributed by atoms with Crippen LogP contribution in [-0.2, 0) is 24.0 Å². The number of nitrogens with one attached hydrogen (secondary N) is 1. The van der Waals surface area contributed by atoms with Crippen LogP contribution in [0.15, 0.2) is 36.8 Å². The van der Waals surface area contributed by atoms with Crippen LogP contribution in [0.25, 0.3) is 28.2 Å². The molecule has 4 heterocycles. The van der Waals surface area contributed by atoms with Gasteiger partial charge in [-0.25, -0.2) is 9.50 Å². The first-order chi connectivity index (χ1) is 17.8. The number of aryl methyl sites for hydroxylation is 1. The highest BCUT2D eigenvalue weighted by atomic mass is 19.4. The van der Waals surface area contributed by atoms with Gasteiger partial charge in [-0.05, 0) is 49.6 Å². The van der Waals surface area contributed by atoms with Crippen LogP contribution in [0.1, 0.15) is 23.1 Å². The van der Waals surface area contributed by atoms with Crippen LogP contribution in [0.3, 0.4) is 0 Å². The maximum Gasteiger partial charge on any atom is 0.393 e. The predicted molar refractivity (Wildman–Crippen MR) is 130 cm³/mol. The van der Waals surface area contributed by atoms with E-state index in [1.807, 2.05) is 18.2 Å². The van der Waals surface area contributed by atoms with Crippen molar-refractivity contribution in [2.24, 2.45) is 0 Å². The molecule has 1 saturated heterocycles. The van der Waals surface area contributed by atoms with E-state index in [-0.39, 0.29) is 11.3 Å². The molecule has 1 fully saturated rings. The summed E-state index contributed by atoms with van der Waals surface area (Å²) in [6, 6.07) is 8.48. The van der Waals surface area contributed by atoms with Crippen molar-refractivity contribution in [3.05, 3.63) is 53.5 Å². The van der Waals surface area contributed by atoms with Crippen molar-refractivity contribution in [1.82, 2.24) is 29.7 Å². The third-order valence-electron chi connectivity index (χ3n) is 7.55. The Morgan fingerprint density at radius 2 is 2.00 bits per heavy atom. The number of fused-ring (bicyclic) bond motifs is 2. The lowest BCUT2D eigenvalue weighted by molar-refractivity contribution is -0.127. The number of hydrogen-bond acceptors (Lipinski definition) is 6. The summed E-state index contributed by atoms with van der Waals surface area (Å²) < 4.78 is 53.5. The third kappa shape index (κ3) is 4.46. The largest absolute Gasteiger partial charge is 0.493 e. The standard InChI is InChI=1S/C26H27F3N6O2/c1-34(20-12-37-13-20)19-6-5-15-7-17(4-3-16(15)8-19)23-21(10-26(27,28)29)24(33-32-23)18-9-22(36-2)25-30-14-31-35(25)11-18/h3-4,7,9,11,14,19-20H,5-6,8,10,12-13H2,1-2H3,(H,32,33). The topological polar surface area (TPSA) is 80.6 Å². The minimum Gasteiger partial charge on any atom is -0.493 e. The van der Waals surface area contributed by atoms with E-state index in [2.05, 4.69) is 32.2 Å². The smallest absolute Gasteiger partial charge is 0.393 e. The van der Waals surface area contributed by atoms with Crippen LogP contribution in [0.4, 0.5) is 13.2 Å². The predicted octanol–water partition coefficient (Wildman–Crippen LogP) is 4.09. The number of aromatic nitrogens is 5. The van der Waals surface area contributed by atoms with Crippen LogP contribution < -0.4 is 4.74 Å². The Morgan fingerprint density at radius 3 is 2.73 bits per heavy atom. The van der Waals surface area contributed by atoms with Gasteiger partial charge in [-0.15, -0.1) is 0 Å². The van der Waals surface area contributed by atoms with Crippen molar-refractivity contribution < 1.29 is 22.6 Å². The number of nitrogens with zero attached hydrogens (tertiary/aromatic N) is 5. The molecule has 0 bridgehead atoms. The van der Waals surface area contributed by atoms with Crippen molar-refractivity contribution in [1.29, 1.82) is 0 Å². The lowest BCUT2D eigenvalue weighted by atomic mass is 9.85. The number of H-pyrrole nitrogens is 1. The molecule has 3 aromatic heterocycles. The Kier molecular flexibility index (Phi) is 5.91. The van der Waals surface area contributed by atoms with Gasteiger partial charge in [-0.3, -0.25) is 10.00 Å². The minimum absolute atomic E-state index is 0.0902. The summed E-state index contributed by atoms with van der Waals surface area (Å²) in [5.41, 5.74) is 4.72. The highest BCUT2D eigenvalue weighted by Gasteiger charge is 2.34. The number of ether oxygens (including phenoxy) is 2. The second kappa shape index (κ2) is 9.14. The lowest BCUT2D eigenvalue weighted by Crippen LogP contribution is -2.52. The highest BCUT2D eigenvalue weighted by Crippen LogP contribution is 2.38. The number of alkyl halides is 3. The van der Waals surface area contributed by atoms with Gasteiger partial charge in [0.15, 0.2) is 11.4 Å². The van der Waals surface area contributed by atoms with E-state index in [4.69, 9.17) is 9.47 Å². The molecule has 194 valence electrons. The first-order valence-electron chi connectivity index (χ1n) is 12.2. The Hall–Kier alpha value is -3.44. The van der Waals surface area contributed by atoms with E-state index in [9.17, 15) is 13.2 Å². The highest BCUT2D eigenvalue weighted by molar-refractivity contribution is 5.76. The molecule has 0 radical (unpaired) electrons. The summed E-state index contributed by atoms with van der Waals surface area (Å²) >= 11 is 0. The SMILES string of the molecule is COc1cc(-c2[nH]nc(-c3ccc4c(c3)CCC(N(C)C3COC3)C4)c2CC(F)(F)F)cn2ncnc12. The first-order valence-corrected chi connectivity index (χ1v) is 12.2. The first kappa shape index (κ1) is 23.9. The fourth-order valence-electron chi connectivity index (χ4n) is 5.39. The molecule has 1 N–H and O–H groups in total. The van der Waals surface area contributed by atoms with E-state index in [1.165, 1.54) is 29.1 Å². The summed E-state index contributed by atoms with van der Waals surface area (Å²) in [5, 5.41) is 11.4. The summed E-state index contributed by atoms with van der Waals surface area (Å²) in [5.74, 6) is 0.408. The zero-order valence-corrected chi connectivity index (χ0v) is 20.5. The molecule has 0 spiro atoms. The van der Waals surface area contributed by atoms with Gasteiger partial charge >= 0.3 is 6.18 Å². The quantitative estimate of drug-likeness (QED) is 0.419. The van der Waals surface area contributed by atoms with Crippen molar-refractivity contribution in [2.45, 2.75) is 43.9 Å². The number of methoxy groups -OCH3 is 1. The van der Waals surface area contributed by atoms with Crippen LogP contribution in [0, 0.1) is 0 Å². The van der Waals surface area contributed by atoms with E-state index < -0.39 is 12.6 Å². The van der Waals surface area contributed by atoms with Crippen LogP contribution in [-0.4, -0.2) is 75.3 Å². The zero-order chi connectivity index (χ0) is 25.7. The van der Waals surface area contributed by atoms with Gasteiger partial charge in [0.1, 0.15) is 6.33 Å². The van der Waals surface area contributed by atoms with Crippen LogP contribution in [0.2, 0.25) is 0 Å². The number of pyridine rings is 1. The lowest BCUT2D eigenvalue weighted by Gasteiger charge is -2.41. The van der Waals surface area contributed by atoms with Crippen molar-refractivity contribution >= 4 is 5.65 Å². The molecule has 1 aliphatic carbocycles. The maximum absolute atomic E-state index is 13.7. The van der Waals surface area contributed by atoms with Crippen molar-refractivity contribution in [2.75, 3.05) is 27.4 Å². The van der Waals surface area contributed by atoms with Crippen LogP contribution in [0.5, 0.6) is 5.75 Å². The number of halogens is 3. The molecule has 37 heavy (non-hydrogen) atoms. The summed E-state index contributed by atoms with van der Waals surface area (Å²) in [7, 11) is 3.63. The Bertz CT molecular complexity index is 1440. The molecule has 0 saturated carbocycles. The third-order valence-corrected chi connectivity index (χ3v) is 7.55. The molecule has 0 amide bonds. The Balaban J connectivity index is 1.37. The number of hydrogen-bond donors (Lipinski definition) is 1. The second-order valence-electron chi connectivity index (χ2n) is 9.78. The molecule has 11 heteroatoms. The monoisotopic (exact) mass is 512 g/mol. The molecule has 1 unspecified atom stereocenters. The number of benzene rings is 1. The maximum atomic E-state index is 13.7. The molecule has 1 atom stereocenters. The summed E-state index contributed by atoms with van der Waals surface area (Å²) in [4.78, 5) is 6.55. The molecule has 4 aromatic rings. The van der Waals surface area contributed by atoms with Gasteiger partial charge in [0, 0.05) is 28.9 Å². The summed E-state index contributed by atoms with van der Waals surface area (Å²) in [6.07, 6.45) is 0.262. The molecule has 8 nitrogen and oxygen atoms in total. The van der Waals surface area contributed by atoms with Crippen LogP contribution >= 0.6 is 0 Å². The molecule has 6 rings (SSSR count). The van der Waals surface area contributed by atoms with E-state index in [1.54, 1.807) is 12.3 Å². The Labute approximate surface area is 211 Å². The number of rotatable bonds is 6. The summed E-state index contributed by atoms with van der Waals surface area (Å²) in [6.45, 7) is 1.55. The number of likely N-dealkylation sites (N-methyl/N-ethyl adjacent to an activating group) is 1. The van der Waals surface area contributed by atoms with Crippen molar-refractivity contribution in [3.63, 3.8) is 0 Å². The zero-order valence-electron chi connectivity index (χ0n) is 20.5. The fraction of sp³-hybridized carbons (Fsp3) is 0.423. The van der Waals surface area contributed by atoms with Gasteiger partial charge in [-0.2, -0.15) is 23.4 Å². The number of aromatic amines is 1. The molecular weight excluding hydrogens is 485 g/mol. The van der Waals surface area contributed by atoms with Crippen molar-refractivity contribution in [3.8, 4) is 28.3 Å².